The maximum absolute atomic E-state index is 4.00. The van der Waals surface area contributed by atoms with Crippen LogP contribution < -0.4 is 0 Å². The van der Waals surface area contributed by atoms with E-state index >= 15 is 0 Å². The fourth-order valence-corrected chi connectivity index (χ4v) is 4.71. The zero-order valence-corrected chi connectivity index (χ0v) is 21.0. The minimum atomic E-state index is 1.02. The topological polar surface area (TPSA) is 0 Å². The number of hydrogen-bond donors (Lipinski definition) is 0. The van der Waals surface area contributed by atoms with Crippen molar-refractivity contribution in [2.24, 2.45) is 5.92 Å². The Morgan fingerprint density at radius 1 is 0.379 bits per heavy atom. The molecule has 1 radical (unpaired) electrons. The minimum absolute atomic E-state index is 1.02. The maximum Gasteiger partial charge on any atom is -0.0414 e. The Bertz CT molecular complexity index is 269. The Morgan fingerprint density at radius 2 is 0.655 bits per heavy atom. The van der Waals surface area contributed by atoms with Crippen molar-refractivity contribution in [3.05, 3.63) is 6.92 Å². The Labute approximate surface area is 187 Å². The highest BCUT2D eigenvalue weighted by molar-refractivity contribution is 4.62. The van der Waals surface area contributed by atoms with Crippen LogP contribution in [-0.2, 0) is 0 Å². The molecule has 0 rings (SSSR count). The van der Waals surface area contributed by atoms with Gasteiger partial charge < -0.3 is 0 Å². The molecule has 0 aliphatic carbocycles. The fraction of sp³-hybridized carbons (Fsp3) is 0.966. The van der Waals surface area contributed by atoms with E-state index in [1.54, 1.807) is 0 Å². The van der Waals surface area contributed by atoms with Crippen LogP contribution in [0.5, 0.6) is 0 Å². The zero-order valence-electron chi connectivity index (χ0n) is 21.0. The van der Waals surface area contributed by atoms with Crippen molar-refractivity contribution in [3.63, 3.8) is 0 Å². The van der Waals surface area contributed by atoms with Gasteiger partial charge in [-0.15, -0.1) is 0 Å². The van der Waals surface area contributed by atoms with Crippen LogP contribution in [0.25, 0.3) is 0 Å². The lowest BCUT2D eigenvalue weighted by Gasteiger charge is -2.17. The summed E-state index contributed by atoms with van der Waals surface area (Å²) in [6.45, 7) is 8.62. The van der Waals surface area contributed by atoms with Gasteiger partial charge in [0.05, 0.1) is 0 Å². The van der Waals surface area contributed by atoms with Crippen LogP contribution in [0, 0.1) is 12.8 Å². The van der Waals surface area contributed by atoms with Crippen molar-refractivity contribution in [1.82, 2.24) is 0 Å². The van der Waals surface area contributed by atoms with E-state index in [0.717, 1.165) is 12.3 Å². The molecular formula is C29H59. The molecule has 1 atom stereocenters. The van der Waals surface area contributed by atoms with E-state index in [2.05, 4.69) is 20.8 Å². The smallest absolute Gasteiger partial charge is 0.0414 e. The molecule has 0 aliphatic heterocycles. The van der Waals surface area contributed by atoms with Gasteiger partial charge in [-0.3, -0.25) is 0 Å². The van der Waals surface area contributed by atoms with Crippen LogP contribution in [0.1, 0.15) is 174 Å². The van der Waals surface area contributed by atoms with Gasteiger partial charge in [0.1, 0.15) is 0 Å². The summed E-state index contributed by atoms with van der Waals surface area (Å²) in [6, 6.07) is 0. The van der Waals surface area contributed by atoms with E-state index in [-0.39, 0.29) is 0 Å². The molecule has 0 heteroatoms. The normalized spacial score (nSPS) is 12.5. The first-order chi connectivity index (χ1) is 14.3. The third-order valence-electron chi connectivity index (χ3n) is 6.79. The van der Waals surface area contributed by atoms with Gasteiger partial charge in [0.25, 0.3) is 0 Å². The number of unbranched alkanes of at least 4 members (excludes halogenated alkanes) is 19. The second-order valence-electron chi connectivity index (χ2n) is 9.80. The SMILES string of the molecule is [CH2]CCCCCC(CCCCCCCCCC)CCCCCCCCCCCC. The molecule has 0 aliphatic rings. The quantitative estimate of drug-likeness (QED) is 0.132. The van der Waals surface area contributed by atoms with Crippen LogP contribution in [-0.4, -0.2) is 0 Å². The van der Waals surface area contributed by atoms with Gasteiger partial charge >= 0.3 is 0 Å². The van der Waals surface area contributed by atoms with E-state index in [4.69, 9.17) is 0 Å². The van der Waals surface area contributed by atoms with Crippen LogP contribution in [0.4, 0.5) is 0 Å². The second-order valence-corrected chi connectivity index (χ2v) is 9.80. The lowest BCUT2D eigenvalue weighted by molar-refractivity contribution is 0.366. The third-order valence-corrected chi connectivity index (χ3v) is 6.79. The fourth-order valence-electron chi connectivity index (χ4n) is 4.71. The van der Waals surface area contributed by atoms with Crippen molar-refractivity contribution in [2.45, 2.75) is 174 Å². The average Bonchev–Trinajstić information content (AvgIpc) is 2.73. The highest BCUT2D eigenvalue weighted by atomic mass is 14.1. The summed E-state index contributed by atoms with van der Waals surface area (Å²) in [6.07, 6.45) is 36.2. The summed E-state index contributed by atoms with van der Waals surface area (Å²) in [5.74, 6) is 1.02. The lowest BCUT2D eigenvalue weighted by atomic mass is 9.89. The van der Waals surface area contributed by atoms with E-state index in [1.807, 2.05) is 0 Å². The van der Waals surface area contributed by atoms with Crippen molar-refractivity contribution in [1.29, 1.82) is 0 Å². The predicted octanol–water partition coefficient (Wildman–Crippen LogP) is 11.2. The molecule has 0 amide bonds. The van der Waals surface area contributed by atoms with E-state index in [0.29, 0.717) is 0 Å². The van der Waals surface area contributed by atoms with Crippen LogP contribution in [0.15, 0.2) is 0 Å². The molecule has 0 aromatic rings. The molecule has 1 unspecified atom stereocenters. The first-order valence-electron chi connectivity index (χ1n) is 14.1. The number of hydrogen-bond acceptors (Lipinski definition) is 0. The molecule has 0 aromatic carbocycles. The third kappa shape index (κ3) is 24.1. The highest BCUT2D eigenvalue weighted by Gasteiger charge is 2.08. The van der Waals surface area contributed by atoms with E-state index < -0.39 is 0 Å². The summed E-state index contributed by atoms with van der Waals surface area (Å²) in [5, 5.41) is 0. The minimum Gasteiger partial charge on any atom is -0.0654 e. The van der Waals surface area contributed by atoms with Crippen molar-refractivity contribution >= 4 is 0 Å². The summed E-state index contributed by atoms with van der Waals surface area (Å²) < 4.78 is 0. The van der Waals surface area contributed by atoms with Gasteiger partial charge in [0.15, 0.2) is 0 Å². The Balaban J connectivity index is 3.68. The van der Waals surface area contributed by atoms with Crippen molar-refractivity contribution in [3.8, 4) is 0 Å². The second kappa shape index (κ2) is 26.0. The van der Waals surface area contributed by atoms with Crippen molar-refractivity contribution in [2.75, 3.05) is 0 Å². The molecule has 0 nitrogen and oxygen atoms in total. The number of rotatable bonds is 25. The molecule has 0 spiro atoms. The maximum atomic E-state index is 4.00. The predicted molar refractivity (Wildman–Crippen MR) is 136 cm³/mol. The molecule has 0 bridgehead atoms. The monoisotopic (exact) mass is 407 g/mol. The standard InChI is InChI=1S/C29H59/c1-4-7-10-13-15-17-18-20-22-25-28-29(26-23-12-9-6-3)27-24-21-19-16-14-11-8-5-2/h29H,3-28H2,1-2H3. The van der Waals surface area contributed by atoms with Gasteiger partial charge in [-0.25, -0.2) is 0 Å². The summed E-state index contributed by atoms with van der Waals surface area (Å²) in [7, 11) is 0. The van der Waals surface area contributed by atoms with Crippen molar-refractivity contribution < 1.29 is 0 Å². The molecule has 175 valence electrons. The molecule has 29 heavy (non-hydrogen) atoms. The van der Waals surface area contributed by atoms with E-state index in [1.165, 1.54) is 154 Å². The average molecular weight is 408 g/mol. The van der Waals surface area contributed by atoms with Gasteiger partial charge in [-0.2, -0.15) is 0 Å². The summed E-state index contributed by atoms with van der Waals surface area (Å²) >= 11 is 0. The van der Waals surface area contributed by atoms with Crippen LogP contribution in [0.3, 0.4) is 0 Å². The zero-order chi connectivity index (χ0) is 21.3. The Kier molecular flexibility index (Phi) is 26.0. The van der Waals surface area contributed by atoms with Gasteiger partial charge in [-0.05, 0) is 5.92 Å². The largest absolute Gasteiger partial charge is 0.0654 e. The Morgan fingerprint density at radius 3 is 0.966 bits per heavy atom. The van der Waals surface area contributed by atoms with Gasteiger partial charge in [-0.1, -0.05) is 181 Å². The summed E-state index contributed by atoms with van der Waals surface area (Å²) in [5.41, 5.74) is 0. The molecule has 0 aromatic heterocycles. The van der Waals surface area contributed by atoms with Crippen LogP contribution in [0.2, 0.25) is 0 Å². The summed E-state index contributed by atoms with van der Waals surface area (Å²) in [4.78, 5) is 0. The molecular weight excluding hydrogens is 348 g/mol. The van der Waals surface area contributed by atoms with Gasteiger partial charge in [0, 0.05) is 0 Å². The Hall–Kier alpha value is 0. The van der Waals surface area contributed by atoms with Crippen LogP contribution >= 0.6 is 0 Å². The highest BCUT2D eigenvalue weighted by Crippen LogP contribution is 2.24. The molecule has 0 fully saturated rings. The van der Waals surface area contributed by atoms with Gasteiger partial charge in [0.2, 0.25) is 0 Å². The lowest BCUT2D eigenvalue weighted by Crippen LogP contribution is -2.01. The first-order valence-corrected chi connectivity index (χ1v) is 14.1. The molecule has 0 heterocycles. The first kappa shape index (κ1) is 29.0. The van der Waals surface area contributed by atoms with E-state index in [9.17, 15) is 0 Å². The molecule has 0 saturated carbocycles. The molecule has 0 N–H and O–H groups in total. The molecule has 0 saturated heterocycles.